The van der Waals surface area contributed by atoms with Crippen LogP contribution < -0.4 is 14.9 Å². The summed E-state index contributed by atoms with van der Waals surface area (Å²) in [6.45, 7) is 0. The number of ether oxygens (including phenoxy) is 2. The Morgan fingerprint density at radius 1 is 1.03 bits per heavy atom. The normalized spacial score (nSPS) is 11.5. The van der Waals surface area contributed by atoms with Crippen molar-refractivity contribution in [3.8, 4) is 23.0 Å². The number of carbonyl (C=O) groups is 1. The zero-order valence-corrected chi connectivity index (χ0v) is 19.5. The van der Waals surface area contributed by atoms with Crippen molar-refractivity contribution in [1.82, 2.24) is 5.43 Å². The zero-order chi connectivity index (χ0) is 27.4. The van der Waals surface area contributed by atoms with Gasteiger partial charge in [-0.25, -0.2) is 5.43 Å². The molecule has 0 saturated carbocycles. The number of hydrogen-bond donors (Lipinski definition) is 2. The van der Waals surface area contributed by atoms with E-state index in [2.05, 4.69) is 10.5 Å². The van der Waals surface area contributed by atoms with Gasteiger partial charge in [0.1, 0.15) is 17.2 Å². The van der Waals surface area contributed by atoms with Crippen LogP contribution in [0, 0.1) is 10.1 Å². The number of benzene rings is 4. The summed E-state index contributed by atoms with van der Waals surface area (Å²) in [5.74, 6) is -1.07. The van der Waals surface area contributed by atoms with Crippen LogP contribution in [0.5, 0.6) is 23.0 Å². The number of hydrogen-bond acceptors (Lipinski definition) is 7. The molecule has 4 aromatic carbocycles. The van der Waals surface area contributed by atoms with Gasteiger partial charge in [0.05, 0.1) is 29.4 Å². The van der Waals surface area contributed by atoms with Crippen molar-refractivity contribution >= 4 is 28.6 Å². The minimum Gasteiger partial charge on any atom is -0.507 e. The SMILES string of the molecule is COc1ccc(Oc2ccc(C(F)(F)F)cc2[N+](=O)[O-])c(/C=N\NC(=O)c2cc3ccccc3cc2O)c1. The van der Waals surface area contributed by atoms with E-state index >= 15 is 0 Å². The molecule has 194 valence electrons. The van der Waals surface area contributed by atoms with Crippen LogP contribution in [0.1, 0.15) is 21.5 Å². The van der Waals surface area contributed by atoms with E-state index in [1.807, 2.05) is 0 Å². The second-order valence-electron chi connectivity index (χ2n) is 7.86. The molecular weight excluding hydrogens is 507 g/mol. The summed E-state index contributed by atoms with van der Waals surface area (Å²) >= 11 is 0. The molecule has 1 amide bonds. The molecule has 12 heteroatoms. The number of phenols is 1. The van der Waals surface area contributed by atoms with Crippen molar-refractivity contribution in [1.29, 1.82) is 0 Å². The molecule has 0 bridgehead atoms. The molecule has 0 radical (unpaired) electrons. The third-order valence-electron chi connectivity index (χ3n) is 5.40. The number of alkyl halides is 3. The molecule has 9 nitrogen and oxygen atoms in total. The summed E-state index contributed by atoms with van der Waals surface area (Å²) in [6.07, 6.45) is -3.62. The average molecular weight is 525 g/mol. The fourth-order valence-corrected chi connectivity index (χ4v) is 3.52. The van der Waals surface area contributed by atoms with Crippen LogP contribution in [-0.2, 0) is 6.18 Å². The van der Waals surface area contributed by atoms with Gasteiger partial charge < -0.3 is 14.6 Å². The van der Waals surface area contributed by atoms with Crippen LogP contribution in [0.25, 0.3) is 10.8 Å². The van der Waals surface area contributed by atoms with Crippen molar-refractivity contribution in [2.45, 2.75) is 6.18 Å². The van der Waals surface area contributed by atoms with Crippen LogP contribution in [0.4, 0.5) is 18.9 Å². The number of nitrogens with one attached hydrogen (secondary N) is 1. The number of halogens is 3. The summed E-state index contributed by atoms with van der Waals surface area (Å²) in [5, 5.41) is 27.0. The standard InChI is InChI=1S/C26H18F3N3O6/c1-37-19-7-9-23(38-24-8-6-18(26(27,28)29)13-21(24)32(35)36)17(10-19)14-30-31-25(34)20-11-15-4-2-3-5-16(15)12-22(20)33/h2-14,33H,1H3,(H,31,34)/b30-14-. The fourth-order valence-electron chi connectivity index (χ4n) is 3.52. The van der Waals surface area contributed by atoms with E-state index in [0.29, 0.717) is 17.9 Å². The molecular formula is C26H18F3N3O6. The minimum absolute atomic E-state index is 0.0137. The number of rotatable bonds is 7. The van der Waals surface area contributed by atoms with Crippen molar-refractivity contribution in [2.24, 2.45) is 5.10 Å². The molecule has 0 aliphatic rings. The number of hydrazone groups is 1. The van der Waals surface area contributed by atoms with Gasteiger partial charge in [-0.3, -0.25) is 14.9 Å². The summed E-state index contributed by atoms with van der Waals surface area (Å²) in [6, 6.07) is 16.2. The monoisotopic (exact) mass is 525 g/mol. The number of aromatic hydroxyl groups is 1. The number of nitro groups is 1. The number of amides is 1. The van der Waals surface area contributed by atoms with Gasteiger partial charge >= 0.3 is 11.9 Å². The average Bonchev–Trinajstić information content (AvgIpc) is 2.88. The first-order chi connectivity index (χ1) is 18.1. The summed E-state index contributed by atoms with van der Waals surface area (Å²) < 4.78 is 49.8. The molecule has 0 atom stereocenters. The first-order valence-corrected chi connectivity index (χ1v) is 10.8. The van der Waals surface area contributed by atoms with Gasteiger partial charge in [-0.1, -0.05) is 24.3 Å². The predicted molar refractivity (Wildman–Crippen MR) is 132 cm³/mol. The second-order valence-corrected chi connectivity index (χ2v) is 7.86. The molecule has 2 N–H and O–H groups in total. The molecule has 4 rings (SSSR count). The van der Waals surface area contributed by atoms with Crippen LogP contribution >= 0.6 is 0 Å². The summed E-state index contributed by atoms with van der Waals surface area (Å²) in [7, 11) is 1.39. The van der Waals surface area contributed by atoms with Gasteiger partial charge in [0.25, 0.3) is 5.91 Å². The summed E-state index contributed by atoms with van der Waals surface area (Å²) in [4.78, 5) is 23.0. The lowest BCUT2D eigenvalue weighted by Crippen LogP contribution is -2.17. The highest BCUT2D eigenvalue weighted by Gasteiger charge is 2.33. The van der Waals surface area contributed by atoms with Gasteiger partial charge in [0.2, 0.25) is 5.75 Å². The van der Waals surface area contributed by atoms with Crippen LogP contribution in [-0.4, -0.2) is 29.3 Å². The molecule has 0 unspecified atom stereocenters. The third-order valence-corrected chi connectivity index (χ3v) is 5.40. The highest BCUT2D eigenvalue weighted by atomic mass is 19.4. The quantitative estimate of drug-likeness (QED) is 0.172. The number of methoxy groups -OCH3 is 1. The Hall–Kier alpha value is -5.13. The molecule has 0 aromatic heterocycles. The second kappa shape index (κ2) is 10.5. The van der Waals surface area contributed by atoms with Gasteiger partial charge in [-0.2, -0.15) is 18.3 Å². The minimum atomic E-state index is -4.78. The molecule has 0 aliphatic heterocycles. The lowest BCUT2D eigenvalue weighted by atomic mass is 10.1. The smallest absolute Gasteiger partial charge is 0.416 e. The molecule has 0 saturated heterocycles. The Morgan fingerprint density at radius 2 is 1.71 bits per heavy atom. The van der Waals surface area contributed by atoms with Crippen LogP contribution in [0.3, 0.4) is 0 Å². The van der Waals surface area contributed by atoms with Gasteiger partial charge in [0.15, 0.2) is 0 Å². The number of phenolic OH excluding ortho intramolecular Hbond substituents is 1. The first kappa shape index (κ1) is 25.9. The first-order valence-electron chi connectivity index (χ1n) is 10.8. The maximum Gasteiger partial charge on any atom is 0.416 e. The van der Waals surface area contributed by atoms with E-state index in [1.54, 1.807) is 24.3 Å². The fraction of sp³-hybridized carbons (Fsp3) is 0.0769. The Morgan fingerprint density at radius 3 is 2.37 bits per heavy atom. The van der Waals surface area contributed by atoms with E-state index in [0.717, 1.165) is 23.1 Å². The molecule has 4 aromatic rings. The molecule has 0 fully saturated rings. The third kappa shape index (κ3) is 5.64. The van der Waals surface area contributed by atoms with Crippen molar-refractivity contribution in [2.75, 3.05) is 7.11 Å². The van der Waals surface area contributed by atoms with Crippen molar-refractivity contribution < 1.29 is 37.5 Å². The van der Waals surface area contributed by atoms with E-state index in [1.165, 1.54) is 37.4 Å². The van der Waals surface area contributed by atoms with E-state index in [-0.39, 0.29) is 22.6 Å². The maximum atomic E-state index is 13.0. The van der Waals surface area contributed by atoms with Gasteiger partial charge in [-0.15, -0.1) is 0 Å². The van der Waals surface area contributed by atoms with E-state index in [4.69, 9.17) is 9.47 Å². The van der Waals surface area contributed by atoms with Gasteiger partial charge in [-0.05, 0) is 53.2 Å². The van der Waals surface area contributed by atoms with Crippen LogP contribution in [0.2, 0.25) is 0 Å². The van der Waals surface area contributed by atoms with Crippen LogP contribution in [0.15, 0.2) is 77.9 Å². The van der Waals surface area contributed by atoms with Crippen molar-refractivity contribution in [3.63, 3.8) is 0 Å². The number of nitrogens with zero attached hydrogens (tertiary/aromatic N) is 2. The molecule has 38 heavy (non-hydrogen) atoms. The number of fused-ring (bicyclic) bond motifs is 1. The lowest BCUT2D eigenvalue weighted by molar-refractivity contribution is -0.385. The van der Waals surface area contributed by atoms with Gasteiger partial charge in [0, 0.05) is 11.6 Å². The highest BCUT2D eigenvalue weighted by molar-refractivity contribution is 6.01. The topological polar surface area (TPSA) is 123 Å². The molecule has 0 aliphatic carbocycles. The summed E-state index contributed by atoms with van der Waals surface area (Å²) in [5.41, 5.74) is 0.342. The Kier molecular flexibility index (Phi) is 7.15. The maximum absolute atomic E-state index is 13.0. The van der Waals surface area contributed by atoms with E-state index in [9.17, 15) is 33.2 Å². The Labute approximate surface area is 212 Å². The van der Waals surface area contributed by atoms with Crippen molar-refractivity contribution in [3.05, 3.63) is 99.6 Å². The Bertz CT molecular complexity index is 1570. The largest absolute Gasteiger partial charge is 0.507 e. The predicted octanol–water partition coefficient (Wildman–Crippen LogP) is 6.04. The number of carbonyl (C=O) groups excluding carboxylic acids is 1. The lowest BCUT2D eigenvalue weighted by Gasteiger charge is -2.12. The highest BCUT2D eigenvalue weighted by Crippen LogP contribution is 2.38. The molecule has 0 heterocycles. The van der Waals surface area contributed by atoms with E-state index < -0.39 is 34.0 Å². The Balaban J connectivity index is 1.61. The zero-order valence-electron chi connectivity index (χ0n) is 19.5. The number of nitro benzene ring substituents is 1. The molecule has 0 spiro atoms.